The van der Waals surface area contributed by atoms with E-state index in [-0.39, 0.29) is 0 Å². The Bertz CT molecular complexity index is 382. The van der Waals surface area contributed by atoms with E-state index < -0.39 is 0 Å². The number of benzene rings is 1. The summed E-state index contributed by atoms with van der Waals surface area (Å²) < 4.78 is 1.31. The molecule has 1 aliphatic carbocycles. The van der Waals surface area contributed by atoms with E-state index in [9.17, 15) is 0 Å². The van der Waals surface area contributed by atoms with Gasteiger partial charge in [0.15, 0.2) is 0 Å². The number of hydrogen-bond donors (Lipinski definition) is 0. The second-order valence-corrected chi connectivity index (χ2v) is 5.87. The van der Waals surface area contributed by atoms with Gasteiger partial charge in [0.25, 0.3) is 0 Å². The predicted octanol–water partition coefficient (Wildman–Crippen LogP) is 3.40. The summed E-state index contributed by atoms with van der Waals surface area (Å²) in [7, 11) is 0. The number of hydrogen-bond acceptors (Lipinski definition) is 1. The van der Waals surface area contributed by atoms with E-state index in [0.717, 1.165) is 6.04 Å². The van der Waals surface area contributed by atoms with E-state index in [4.69, 9.17) is 0 Å². The molecule has 16 heavy (non-hydrogen) atoms. The van der Waals surface area contributed by atoms with Crippen molar-refractivity contribution in [2.75, 3.05) is 13.1 Å². The molecule has 1 unspecified atom stereocenters. The number of rotatable bonds is 1. The van der Waals surface area contributed by atoms with Crippen molar-refractivity contribution in [3.8, 4) is 0 Å². The van der Waals surface area contributed by atoms with Crippen LogP contribution in [-0.4, -0.2) is 24.0 Å². The van der Waals surface area contributed by atoms with Crippen molar-refractivity contribution in [2.24, 2.45) is 0 Å². The number of fused-ring (bicyclic) bond motifs is 1. The number of nitrogens with zero attached hydrogens (tertiary/aromatic N) is 1. The molecule has 2 heteroatoms. The van der Waals surface area contributed by atoms with Crippen LogP contribution in [0.15, 0.2) is 22.7 Å². The van der Waals surface area contributed by atoms with Crippen molar-refractivity contribution in [3.05, 3.63) is 33.8 Å². The van der Waals surface area contributed by atoms with Crippen molar-refractivity contribution in [1.29, 1.82) is 0 Å². The number of likely N-dealkylation sites (tertiary alicyclic amines) is 1. The van der Waals surface area contributed by atoms with Crippen LogP contribution in [0.3, 0.4) is 0 Å². The lowest BCUT2D eigenvalue weighted by Gasteiger charge is -2.32. The van der Waals surface area contributed by atoms with Gasteiger partial charge in [-0.3, -0.25) is 0 Å². The van der Waals surface area contributed by atoms with Gasteiger partial charge in [-0.25, -0.2) is 0 Å². The quantitative estimate of drug-likeness (QED) is 0.762. The van der Waals surface area contributed by atoms with Crippen molar-refractivity contribution >= 4 is 15.9 Å². The van der Waals surface area contributed by atoms with Crippen molar-refractivity contribution < 1.29 is 0 Å². The van der Waals surface area contributed by atoms with Gasteiger partial charge in [-0.1, -0.05) is 28.1 Å². The Balaban J connectivity index is 1.80. The topological polar surface area (TPSA) is 3.24 Å². The third-order valence-electron chi connectivity index (χ3n) is 4.06. The van der Waals surface area contributed by atoms with E-state index in [1.165, 1.54) is 49.7 Å². The summed E-state index contributed by atoms with van der Waals surface area (Å²) in [4.78, 5) is 2.70. The highest BCUT2D eigenvalue weighted by atomic mass is 79.9. The highest BCUT2D eigenvalue weighted by molar-refractivity contribution is 9.10. The Morgan fingerprint density at radius 1 is 1.19 bits per heavy atom. The van der Waals surface area contributed by atoms with E-state index in [1.807, 2.05) is 0 Å². The Labute approximate surface area is 106 Å². The minimum absolute atomic E-state index is 0.810. The predicted molar refractivity (Wildman–Crippen MR) is 70.8 cm³/mol. The van der Waals surface area contributed by atoms with E-state index in [0.29, 0.717) is 0 Å². The average Bonchev–Trinajstić information content (AvgIpc) is 2.82. The standard InChI is InChI=1S/C14H18BrN/c15-14-5-3-4-11-10-12(6-7-13(11)14)16-8-1-2-9-16/h3-5,12H,1-2,6-10H2. The van der Waals surface area contributed by atoms with Crippen LogP contribution < -0.4 is 0 Å². The molecule has 0 radical (unpaired) electrons. The summed E-state index contributed by atoms with van der Waals surface area (Å²) in [5.74, 6) is 0. The highest BCUT2D eigenvalue weighted by Gasteiger charge is 2.26. The summed E-state index contributed by atoms with van der Waals surface area (Å²) in [5, 5.41) is 0. The van der Waals surface area contributed by atoms with Gasteiger partial charge < -0.3 is 4.90 Å². The molecule has 0 saturated carbocycles. The minimum Gasteiger partial charge on any atom is -0.300 e. The first-order valence-corrected chi connectivity index (χ1v) is 7.14. The molecule has 2 aliphatic rings. The van der Waals surface area contributed by atoms with Crippen LogP contribution in [0, 0.1) is 0 Å². The molecular weight excluding hydrogens is 262 g/mol. The van der Waals surface area contributed by atoms with Crippen LogP contribution in [0.2, 0.25) is 0 Å². The van der Waals surface area contributed by atoms with Crippen molar-refractivity contribution in [3.63, 3.8) is 0 Å². The first-order chi connectivity index (χ1) is 7.84. The molecule has 1 aromatic carbocycles. The summed E-state index contributed by atoms with van der Waals surface area (Å²) >= 11 is 3.67. The van der Waals surface area contributed by atoms with Crippen LogP contribution in [0.4, 0.5) is 0 Å². The first kappa shape index (κ1) is 10.8. The maximum atomic E-state index is 3.67. The number of halogens is 1. The Hall–Kier alpha value is -0.340. The third-order valence-corrected chi connectivity index (χ3v) is 4.80. The largest absolute Gasteiger partial charge is 0.300 e. The van der Waals surface area contributed by atoms with E-state index >= 15 is 0 Å². The van der Waals surface area contributed by atoms with Gasteiger partial charge in [0.1, 0.15) is 0 Å². The van der Waals surface area contributed by atoms with Crippen molar-refractivity contribution in [2.45, 2.75) is 38.1 Å². The molecule has 86 valence electrons. The summed E-state index contributed by atoms with van der Waals surface area (Å²) in [6.45, 7) is 2.65. The van der Waals surface area contributed by atoms with Crippen LogP contribution >= 0.6 is 15.9 Å². The molecule has 1 heterocycles. The SMILES string of the molecule is Brc1cccc2c1CCC(N1CCCC1)C2. The fraction of sp³-hybridized carbons (Fsp3) is 0.571. The molecule has 1 saturated heterocycles. The maximum absolute atomic E-state index is 3.67. The van der Waals surface area contributed by atoms with Crippen LogP contribution in [-0.2, 0) is 12.8 Å². The highest BCUT2D eigenvalue weighted by Crippen LogP contribution is 2.31. The molecule has 0 spiro atoms. The van der Waals surface area contributed by atoms with Gasteiger partial charge in [-0.05, 0) is 62.4 Å². The van der Waals surface area contributed by atoms with Crippen LogP contribution in [0.1, 0.15) is 30.4 Å². The first-order valence-electron chi connectivity index (χ1n) is 6.35. The molecule has 0 bridgehead atoms. The summed E-state index contributed by atoms with van der Waals surface area (Å²) in [5.41, 5.74) is 3.12. The second-order valence-electron chi connectivity index (χ2n) is 5.02. The molecule has 1 aliphatic heterocycles. The molecule has 0 N–H and O–H groups in total. The van der Waals surface area contributed by atoms with Gasteiger partial charge in [0, 0.05) is 10.5 Å². The monoisotopic (exact) mass is 279 g/mol. The van der Waals surface area contributed by atoms with Crippen molar-refractivity contribution in [1.82, 2.24) is 4.90 Å². The molecule has 1 atom stereocenters. The Morgan fingerprint density at radius 2 is 2.00 bits per heavy atom. The van der Waals surface area contributed by atoms with Gasteiger partial charge >= 0.3 is 0 Å². The Morgan fingerprint density at radius 3 is 2.81 bits per heavy atom. The molecule has 0 aromatic heterocycles. The normalized spacial score (nSPS) is 25.7. The minimum atomic E-state index is 0.810. The zero-order valence-corrected chi connectivity index (χ0v) is 11.2. The zero-order valence-electron chi connectivity index (χ0n) is 9.58. The van der Waals surface area contributed by atoms with Crippen LogP contribution in [0.25, 0.3) is 0 Å². The van der Waals surface area contributed by atoms with E-state index in [2.05, 4.69) is 39.0 Å². The molecule has 3 rings (SSSR count). The fourth-order valence-electron chi connectivity index (χ4n) is 3.16. The lowest BCUT2D eigenvalue weighted by atomic mass is 9.87. The summed E-state index contributed by atoms with van der Waals surface area (Å²) in [6, 6.07) is 7.47. The Kier molecular flexibility index (Phi) is 3.03. The third kappa shape index (κ3) is 1.93. The smallest absolute Gasteiger partial charge is 0.0210 e. The second kappa shape index (κ2) is 4.50. The maximum Gasteiger partial charge on any atom is 0.0210 e. The van der Waals surface area contributed by atoms with Crippen LogP contribution in [0.5, 0.6) is 0 Å². The molecule has 1 fully saturated rings. The fourth-order valence-corrected chi connectivity index (χ4v) is 3.77. The van der Waals surface area contributed by atoms with Gasteiger partial charge in [-0.15, -0.1) is 0 Å². The van der Waals surface area contributed by atoms with Gasteiger partial charge in [0.2, 0.25) is 0 Å². The van der Waals surface area contributed by atoms with E-state index in [1.54, 1.807) is 11.1 Å². The molecular formula is C14H18BrN. The molecule has 0 amide bonds. The lowest BCUT2D eigenvalue weighted by Crippen LogP contribution is -2.37. The molecule has 1 nitrogen and oxygen atoms in total. The lowest BCUT2D eigenvalue weighted by molar-refractivity contribution is 0.222. The average molecular weight is 280 g/mol. The van der Waals surface area contributed by atoms with Gasteiger partial charge in [0.05, 0.1) is 0 Å². The molecule has 1 aromatic rings. The van der Waals surface area contributed by atoms with Gasteiger partial charge in [-0.2, -0.15) is 0 Å². The summed E-state index contributed by atoms with van der Waals surface area (Å²) in [6.07, 6.45) is 6.66. The zero-order chi connectivity index (χ0) is 11.0.